The number of rotatable bonds is 4. The predicted molar refractivity (Wildman–Crippen MR) is 208 cm³/mol. The summed E-state index contributed by atoms with van der Waals surface area (Å²) in [7, 11) is 0. The predicted octanol–water partition coefficient (Wildman–Crippen LogP) is 13.7. The zero-order valence-corrected chi connectivity index (χ0v) is 26.4. The van der Waals surface area contributed by atoms with Crippen LogP contribution in [0.2, 0.25) is 0 Å². The molecule has 1 aromatic heterocycles. The molecule has 0 fully saturated rings. The lowest BCUT2D eigenvalue weighted by molar-refractivity contribution is 0.632. The first-order valence-corrected chi connectivity index (χ1v) is 16.5. The van der Waals surface area contributed by atoms with Crippen LogP contribution in [0.3, 0.4) is 0 Å². The van der Waals surface area contributed by atoms with Gasteiger partial charge in [-0.15, -0.1) is 0 Å². The van der Waals surface area contributed by atoms with Gasteiger partial charge in [-0.3, -0.25) is 0 Å². The summed E-state index contributed by atoms with van der Waals surface area (Å²) >= 11 is 0. The number of furan rings is 1. The van der Waals surface area contributed by atoms with E-state index in [-0.39, 0.29) is 24.2 Å². The summed E-state index contributed by atoms with van der Waals surface area (Å²) in [4.78, 5) is 0. The monoisotopic (exact) mass is 626 g/mol. The number of hydrogen-bond acceptors (Lipinski definition) is 1. The highest BCUT2D eigenvalue weighted by atomic mass is 16.3. The third kappa shape index (κ3) is 4.47. The Morgan fingerprint density at radius 2 is 1.00 bits per heavy atom. The van der Waals surface area contributed by atoms with E-state index >= 15 is 0 Å². The molecule has 10 rings (SSSR count). The average Bonchev–Trinajstić information content (AvgIpc) is 3.66. The molecule has 1 heterocycles. The van der Waals surface area contributed by atoms with E-state index in [1.54, 1.807) is 0 Å². The van der Waals surface area contributed by atoms with Gasteiger partial charge in [0.25, 0.3) is 0 Å². The Morgan fingerprint density at radius 3 is 1.84 bits per heavy atom. The van der Waals surface area contributed by atoms with Crippen LogP contribution in [0.1, 0.15) is 5.48 Å². The van der Waals surface area contributed by atoms with E-state index in [1.165, 1.54) is 10.8 Å². The van der Waals surface area contributed by atoms with Crippen LogP contribution < -0.4 is 0 Å². The molecule has 0 bridgehead atoms. The van der Waals surface area contributed by atoms with Crippen molar-refractivity contribution in [2.45, 2.75) is 0 Å². The van der Waals surface area contributed by atoms with Crippen molar-refractivity contribution in [3.63, 3.8) is 0 Å². The van der Waals surface area contributed by atoms with Gasteiger partial charge in [0.05, 0.1) is 5.48 Å². The van der Waals surface area contributed by atoms with Crippen molar-refractivity contribution in [1.29, 1.82) is 0 Å². The summed E-state index contributed by atoms with van der Waals surface area (Å²) in [5.74, 6) is 0.729. The first-order chi connectivity index (χ1) is 26.0. The third-order valence-corrected chi connectivity index (χ3v) is 9.77. The van der Waals surface area contributed by atoms with Gasteiger partial charge in [0, 0.05) is 10.9 Å². The molecule has 0 aliphatic rings. The minimum atomic E-state index is -0.258. The maximum Gasteiger partial charge on any atom is 0.135 e. The van der Waals surface area contributed by atoms with Crippen molar-refractivity contribution >= 4 is 54.1 Å². The minimum absolute atomic E-state index is 0.0587. The molecule has 0 unspecified atom stereocenters. The van der Waals surface area contributed by atoms with Crippen LogP contribution in [0.4, 0.5) is 0 Å². The van der Waals surface area contributed by atoms with Gasteiger partial charge in [-0.05, 0) is 101 Å². The van der Waals surface area contributed by atoms with Gasteiger partial charge in [-0.2, -0.15) is 0 Å². The van der Waals surface area contributed by atoms with Crippen molar-refractivity contribution in [2.75, 3.05) is 0 Å². The van der Waals surface area contributed by atoms with Crippen LogP contribution >= 0.6 is 0 Å². The number of fused-ring (bicyclic) bond motifs is 6. The Kier molecular flexibility index (Phi) is 5.38. The van der Waals surface area contributed by atoms with Crippen molar-refractivity contribution in [3.05, 3.63) is 182 Å². The molecule has 0 atom stereocenters. The highest BCUT2D eigenvalue weighted by molar-refractivity contribution is 6.23. The van der Waals surface area contributed by atoms with E-state index in [4.69, 9.17) is 7.16 Å². The van der Waals surface area contributed by atoms with Gasteiger partial charge in [0.15, 0.2) is 0 Å². The van der Waals surface area contributed by atoms with Crippen LogP contribution in [0, 0.1) is 0 Å². The fraction of sp³-hybridized carbons (Fsp3) is 0. The molecular weight excluding hydrogens is 593 g/mol. The molecule has 228 valence electrons. The van der Waals surface area contributed by atoms with Crippen molar-refractivity contribution in [2.24, 2.45) is 0 Å². The normalized spacial score (nSPS) is 12.8. The summed E-state index contributed by atoms with van der Waals surface area (Å²) < 4.78 is 43.0. The summed E-state index contributed by atoms with van der Waals surface area (Å²) in [6.07, 6.45) is 0. The molecule has 1 nitrogen and oxygen atoms in total. The average molecular weight is 627 g/mol. The molecule has 0 aliphatic heterocycles. The van der Waals surface area contributed by atoms with Gasteiger partial charge in [-0.25, -0.2) is 0 Å². The molecule has 49 heavy (non-hydrogen) atoms. The molecule has 9 aromatic carbocycles. The molecule has 10 aromatic rings. The van der Waals surface area contributed by atoms with Crippen LogP contribution in [-0.2, 0) is 0 Å². The van der Waals surface area contributed by atoms with Crippen LogP contribution in [0.25, 0.3) is 98.8 Å². The Bertz CT molecular complexity index is 3110. The molecule has 1 heteroatoms. The second-order valence-corrected chi connectivity index (χ2v) is 12.5. The fourth-order valence-corrected chi connectivity index (χ4v) is 7.52. The van der Waals surface area contributed by atoms with Crippen molar-refractivity contribution in [3.8, 4) is 44.7 Å². The van der Waals surface area contributed by atoms with Gasteiger partial charge >= 0.3 is 0 Å². The highest BCUT2D eigenvalue weighted by Crippen LogP contribution is 2.46. The standard InChI is InChI=1S/C48H30O/c1-2-12-31(13-3-1)34-15-10-16-36(28-34)47-38-18-6-8-20-40(38)48(41-21-9-7-19-39(41)47)42-22-11-23-45-44(42)30-46(49-45)35-27-26-33-25-24-32-14-4-5-17-37(32)43(33)29-35/h1-30H/i6D,8D,18D,20D. The lowest BCUT2D eigenvalue weighted by Gasteiger charge is -2.18. The van der Waals surface area contributed by atoms with Gasteiger partial charge in [0.2, 0.25) is 0 Å². The van der Waals surface area contributed by atoms with Crippen LogP contribution in [0.15, 0.2) is 186 Å². The Labute approximate surface area is 289 Å². The second-order valence-electron chi connectivity index (χ2n) is 12.5. The molecule has 0 N–H and O–H groups in total. The molecule has 0 spiro atoms. The maximum atomic E-state index is 9.40. The number of hydrogen-bond donors (Lipinski definition) is 0. The van der Waals surface area contributed by atoms with Gasteiger partial charge < -0.3 is 4.42 Å². The van der Waals surface area contributed by atoms with E-state index in [0.29, 0.717) is 16.4 Å². The van der Waals surface area contributed by atoms with Crippen LogP contribution in [-0.4, -0.2) is 0 Å². The molecule has 0 amide bonds. The quantitative estimate of drug-likeness (QED) is 0.140. The SMILES string of the molecule is [2H]c1c([2H])c([2H])c2c(-c3cccc4oc(-c5ccc6ccc7ccccc7c6c5)cc34)c3ccccc3c(-c3cccc(-c4ccccc4)c3)c2c1[2H]. The van der Waals surface area contributed by atoms with E-state index in [1.807, 2.05) is 60.7 Å². The topological polar surface area (TPSA) is 13.1 Å². The largest absolute Gasteiger partial charge is 0.456 e. The van der Waals surface area contributed by atoms with E-state index in [2.05, 4.69) is 97.1 Å². The molecular formula is C48H30O. The molecule has 0 radical (unpaired) electrons. The Balaban J connectivity index is 1.27. The van der Waals surface area contributed by atoms with Crippen molar-refractivity contribution < 1.29 is 9.90 Å². The zero-order chi connectivity index (χ0) is 35.8. The fourth-order valence-electron chi connectivity index (χ4n) is 7.52. The van der Waals surface area contributed by atoms with Gasteiger partial charge in [-0.1, -0.05) is 158 Å². The lowest BCUT2D eigenvalue weighted by atomic mass is 9.84. The lowest BCUT2D eigenvalue weighted by Crippen LogP contribution is -1.91. The van der Waals surface area contributed by atoms with E-state index in [9.17, 15) is 2.74 Å². The summed E-state index contributed by atoms with van der Waals surface area (Å²) in [6.45, 7) is 0. The molecule has 0 aliphatic carbocycles. The maximum absolute atomic E-state index is 9.40. The summed E-state index contributed by atoms with van der Waals surface area (Å²) in [6, 6.07) is 53.0. The van der Waals surface area contributed by atoms with E-state index < -0.39 is 0 Å². The highest BCUT2D eigenvalue weighted by Gasteiger charge is 2.20. The third-order valence-electron chi connectivity index (χ3n) is 9.77. The minimum Gasteiger partial charge on any atom is -0.456 e. The zero-order valence-electron chi connectivity index (χ0n) is 30.4. The van der Waals surface area contributed by atoms with Crippen molar-refractivity contribution in [1.82, 2.24) is 0 Å². The molecule has 0 saturated heterocycles. The Hall–Kier alpha value is -6.44. The smallest absolute Gasteiger partial charge is 0.135 e. The Morgan fingerprint density at radius 1 is 0.367 bits per heavy atom. The van der Waals surface area contributed by atoms with Crippen LogP contribution in [0.5, 0.6) is 0 Å². The summed E-state index contributed by atoms with van der Waals surface area (Å²) in [5.41, 5.74) is 7.04. The first kappa shape index (κ1) is 23.8. The molecule has 0 saturated carbocycles. The van der Waals surface area contributed by atoms with Gasteiger partial charge in [0.1, 0.15) is 11.3 Å². The second kappa shape index (κ2) is 11.1. The summed E-state index contributed by atoms with van der Waals surface area (Å²) in [5, 5.41) is 8.35. The van der Waals surface area contributed by atoms with E-state index in [0.717, 1.165) is 71.6 Å². The number of benzene rings is 9. The first-order valence-electron chi connectivity index (χ1n) is 18.5.